The average Bonchev–Trinajstić information content (AvgIpc) is 3.08. The molecule has 2 aromatic rings. The van der Waals surface area contributed by atoms with Gasteiger partial charge < -0.3 is 25.1 Å². The van der Waals surface area contributed by atoms with Crippen LogP contribution in [0.15, 0.2) is 51.9 Å². The van der Waals surface area contributed by atoms with E-state index in [1.54, 1.807) is 13.0 Å². The molecule has 2 atom stereocenters. The van der Waals surface area contributed by atoms with Gasteiger partial charge in [0, 0.05) is 13.1 Å². The first kappa shape index (κ1) is 24.5. The molecule has 0 bridgehead atoms. The topological polar surface area (TPSA) is 73.0 Å². The van der Waals surface area contributed by atoms with Gasteiger partial charge in [0.15, 0.2) is 5.96 Å². The lowest BCUT2D eigenvalue weighted by Gasteiger charge is -2.26. The number of aliphatic imine (C=N–C) groups is 1. The van der Waals surface area contributed by atoms with Gasteiger partial charge in [-0.05, 0) is 52.6 Å². The van der Waals surface area contributed by atoms with Crippen LogP contribution in [0.1, 0.15) is 37.0 Å². The van der Waals surface area contributed by atoms with E-state index in [1.807, 2.05) is 38.1 Å². The van der Waals surface area contributed by atoms with E-state index < -0.39 is 5.60 Å². The van der Waals surface area contributed by atoms with Crippen molar-refractivity contribution in [3.05, 3.63) is 59.5 Å². The molecule has 0 aliphatic rings. The summed E-state index contributed by atoms with van der Waals surface area (Å²) in [6.07, 6.45) is 0. The summed E-state index contributed by atoms with van der Waals surface area (Å²) in [7, 11) is 4.13. The molecule has 1 heterocycles. The molecule has 2 rings (SSSR count). The van der Waals surface area contributed by atoms with E-state index in [1.165, 1.54) is 5.56 Å². The molecule has 6 nitrogen and oxygen atoms in total. The van der Waals surface area contributed by atoms with E-state index in [9.17, 15) is 5.11 Å². The molecule has 0 saturated heterocycles. The van der Waals surface area contributed by atoms with Gasteiger partial charge in [-0.1, -0.05) is 30.3 Å². The number of likely N-dealkylation sites (N-methyl/N-ethyl adjacent to an activating group) is 1. The highest BCUT2D eigenvalue weighted by molar-refractivity contribution is 14.0. The fourth-order valence-electron chi connectivity index (χ4n) is 2.84. The molecule has 0 aliphatic carbocycles. The second-order valence-corrected chi connectivity index (χ2v) is 7.15. The molecule has 0 amide bonds. The Bertz CT molecular complexity index is 729. The predicted octanol–water partition coefficient (Wildman–Crippen LogP) is 3.27. The second kappa shape index (κ2) is 11.4. The van der Waals surface area contributed by atoms with Crippen LogP contribution in [-0.2, 0) is 5.60 Å². The van der Waals surface area contributed by atoms with Crippen molar-refractivity contribution in [1.29, 1.82) is 0 Å². The molecular formula is C21H33IN4O2. The van der Waals surface area contributed by atoms with Gasteiger partial charge in [0.2, 0.25) is 0 Å². The van der Waals surface area contributed by atoms with Crippen LogP contribution in [0, 0.1) is 6.92 Å². The quantitative estimate of drug-likeness (QED) is 0.295. The molecule has 1 aromatic heterocycles. The zero-order valence-electron chi connectivity index (χ0n) is 17.4. The van der Waals surface area contributed by atoms with Gasteiger partial charge in [-0.15, -0.1) is 24.0 Å². The fraction of sp³-hybridized carbons (Fsp3) is 0.476. The van der Waals surface area contributed by atoms with Crippen LogP contribution in [0.2, 0.25) is 0 Å². The number of guanidine groups is 1. The summed E-state index contributed by atoms with van der Waals surface area (Å²) in [5, 5.41) is 17.3. The summed E-state index contributed by atoms with van der Waals surface area (Å²) in [6.45, 7) is 7.24. The molecule has 28 heavy (non-hydrogen) atoms. The van der Waals surface area contributed by atoms with Gasteiger partial charge >= 0.3 is 0 Å². The van der Waals surface area contributed by atoms with Crippen molar-refractivity contribution in [2.75, 3.05) is 33.7 Å². The van der Waals surface area contributed by atoms with Crippen LogP contribution in [-0.4, -0.2) is 49.7 Å². The molecule has 0 aliphatic heterocycles. The minimum Gasteiger partial charge on any atom is -0.463 e. The van der Waals surface area contributed by atoms with Gasteiger partial charge in [-0.3, -0.25) is 0 Å². The number of nitrogens with zero attached hydrogens (tertiary/aromatic N) is 2. The number of hydrogen-bond acceptors (Lipinski definition) is 4. The summed E-state index contributed by atoms with van der Waals surface area (Å²) in [5.74, 6) is 1.97. The lowest BCUT2D eigenvalue weighted by molar-refractivity contribution is 0.0428. The predicted molar refractivity (Wildman–Crippen MR) is 125 cm³/mol. The number of nitrogens with one attached hydrogen (secondary N) is 2. The smallest absolute Gasteiger partial charge is 0.191 e. The first-order valence-corrected chi connectivity index (χ1v) is 9.36. The van der Waals surface area contributed by atoms with E-state index >= 15 is 0 Å². The Balaban J connectivity index is 0.00000392. The minimum atomic E-state index is -1.16. The largest absolute Gasteiger partial charge is 0.463 e. The van der Waals surface area contributed by atoms with E-state index in [4.69, 9.17) is 4.42 Å². The number of furan rings is 1. The van der Waals surface area contributed by atoms with E-state index in [-0.39, 0.29) is 36.6 Å². The van der Waals surface area contributed by atoms with Gasteiger partial charge in [-0.25, -0.2) is 4.99 Å². The molecule has 156 valence electrons. The standard InChI is InChI=1S/C21H32N4O2.HI/c1-6-22-20(24-15-21(3,26)19-13-12-16(2)27-19)23-14-18(25(4)5)17-10-8-7-9-11-17;/h7-13,18,26H,6,14-15H2,1-5H3,(H2,22,23,24);1H. The van der Waals surface area contributed by atoms with Crippen LogP contribution >= 0.6 is 24.0 Å². The molecule has 0 spiro atoms. The highest BCUT2D eigenvalue weighted by Crippen LogP contribution is 2.23. The first-order valence-electron chi connectivity index (χ1n) is 9.36. The van der Waals surface area contributed by atoms with Crippen molar-refractivity contribution in [3.8, 4) is 0 Å². The number of aliphatic hydroxyl groups is 1. The Morgan fingerprint density at radius 1 is 1.18 bits per heavy atom. The molecule has 1 aromatic carbocycles. The highest BCUT2D eigenvalue weighted by atomic mass is 127. The Morgan fingerprint density at radius 2 is 1.86 bits per heavy atom. The molecule has 3 N–H and O–H groups in total. The fourth-order valence-corrected chi connectivity index (χ4v) is 2.84. The van der Waals surface area contributed by atoms with Gasteiger partial charge in [0.05, 0.1) is 12.6 Å². The maximum absolute atomic E-state index is 10.7. The maximum Gasteiger partial charge on any atom is 0.191 e. The summed E-state index contributed by atoms with van der Waals surface area (Å²) < 4.78 is 5.56. The number of halogens is 1. The van der Waals surface area contributed by atoms with Gasteiger partial charge in [0.25, 0.3) is 0 Å². The Kier molecular flexibility index (Phi) is 9.98. The maximum atomic E-state index is 10.7. The van der Waals surface area contributed by atoms with Crippen molar-refractivity contribution in [2.24, 2.45) is 4.99 Å². The number of hydrogen-bond donors (Lipinski definition) is 3. The first-order chi connectivity index (χ1) is 12.8. The number of rotatable bonds is 8. The summed E-state index contributed by atoms with van der Waals surface area (Å²) in [5.41, 5.74) is 0.0840. The second-order valence-electron chi connectivity index (χ2n) is 7.15. The van der Waals surface area contributed by atoms with Gasteiger partial charge in [0.1, 0.15) is 17.1 Å². The molecular weight excluding hydrogens is 467 g/mol. The Labute approximate surface area is 185 Å². The average molecular weight is 500 g/mol. The van der Waals surface area contributed by atoms with Crippen molar-refractivity contribution >= 4 is 29.9 Å². The summed E-state index contributed by atoms with van der Waals surface area (Å²) in [6, 6.07) is 14.2. The van der Waals surface area contributed by atoms with Crippen LogP contribution < -0.4 is 10.6 Å². The highest BCUT2D eigenvalue weighted by Gasteiger charge is 2.26. The van der Waals surface area contributed by atoms with E-state index in [0.29, 0.717) is 18.3 Å². The van der Waals surface area contributed by atoms with Crippen molar-refractivity contribution in [2.45, 2.75) is 32.4 Å². The monoisotopic (exact) mass is 500 g/mol. The molecule has 2 unspecified atom stereocenters. The van der Waals surface area contributed by atoms with E-state index in [0.717, 1.165) is 12.3 Å². The number of benzene rings is 1. The molecule has 0 radical (unpaired) electrons. The third kappa shape index (κ3) is 7.10. The summed E-state index contributed by atoms with van der Waals surface area (Å²) >= 11 is 0. The SMILES string of the molecule is CCNC(=NCC(C)(O)c1ccc(C)o1)NCC(c1ccccc1)N(C)C.I. The Hall–Kier alpha value is -1.58. The van der Waals surface area contributed by atoms with E-state index in [2.05, 4.69) is 46.8 Å². The molecule has 0 saturated carbocycles. The Morgan fingerprint density at radius 3 is 2.39 bits per heavy atom. The lowest BCUT2D eigenvalue weighted by Crippen LogP contribution is -2.42. The van der Waals surface area contributed by atoms with Crippen LogP contribution in [0.4, 0.5) is 0 Å². The molecule has 0 fully saturated rings. The third-order valence-corrected chi connectivity index (χ3v) is 4.43. The zero-order valence-corrected chi connectivity index (χ0v) is 19.7. The lowest BCUT2D eigenvalue weighted by atomic mass is 10.0. The molecule has 7 heteroatoms. The number of aryl methyl sites for hydroxylation is 1. The van der Waals surface area contributed by atoms with Crippen molar-refractivity contribution in [3.63, 3.8) is 0 Å². The van der Waals surface area contributed by atoms with Crippen LogP contribution in [0.3, 0.4) is 0 Å². The van der Waals surface area contributed by atoms with Crippen molar-refractivity contribution < 1.29 is 9.52 Å². The normalized spacial score (nSPS) is 14.9. The summed E-state index contributed by atoms with van der Waals surface area (Å²) in [4.78, 5) is 6.74. The third-order valence-electron chi connectivity index (χ3n) is 4.43. The zero-order chi connectivity index (χ0) is 19.9. The van der Waals surface area contributed by atoms with Crippen LogP contribution in [0.25, 0.3) is 0 Å². The van der Waals surface area contributed by atoms with Gasteiger partial charge in [-0.2, -0.15) is 0 Å². The minimum absolute atomic E-state index is 0. The van der Waals surface area contributed by atoms with Crippen molar-refractivity contribution in [1.82, 2.24) is 15.5 Å². The van der Waals surface area contributed by atoms with Crippen LogP contribution in [0.5, 0.6) is 0 Å².